The number of rotatable bonds is 7. The molecule has 0 aliphatic heterocycles. The van der Waals surface area contributed by atoms with Crippen LogP contribution in [-0.4, -0.2) is 36.0 Å². The zero-order valence-electron chi connectivity index (χ0n) is 8.90. The molecular weight excluding hydrogens is 184 g/mol. The molecule has 0 saturated heterocycles. The quantitative estimate of drug-likeness (QED) is 0.595. The number of ether oxygens (including phenoxy) is 1. The standard InChI is InChI=1S/C10H20O4/c1-3-4-8(2)10(13)14-7-9(5-11)6-12/h8-9,11-12H,3-7H2,1-2H3. The molecule has 2 N–H and O–H groups in total. The van der Waals surface area contributed by atoms with Crippen molar-refractivity contribution in [1.82, 2.24) is 0 Å². The summed E-state index contributed by atoms with van der Waals surface area (Å²) in [6.45, 7) is 3.60. The third kappa shape index (κ3) is 5.19. The third-order valence-corrected chi connectivity index (χ3v) is 2.10. The first-order valence-electron chi connectivity index (χ1n) is 5.04. The fourth-order valence-corrected chi connectivity index (χ4v) is 1.06. The maximum absolute atomic E-state index is 11.3. The van der Waals surface area contributed by atoms with Crippen LogP contribution >= 0.6 is 0 Å². The monoisotopic (exact) mass is 204 g/mol. The molecule has 0 aromatic rings. The Kier molecular flexibility index (Phi) is 7.42. The molecular formula is C10H20O4. The molecule has 14 heavy (non-hydrogen) atoms. The molecule has 1 atom stereocenters. The Labute approximate surface area is 84.9 Å². The molecule has 0 aliphatic carbocycles. The van der Waals surface area contributed by atoms with Crippen LogP contribution in [0.3, 0.4) is 0 Å². The van der Waals surface area contributed by atoms with Crippen molar-refractivity contribution in [2.45, 2.75) is 26.7 Å². The van der Waals surface area contributed by atoms with Gasteiger partial charge in [0.15, 0.2) is 0 Å². The summed E-state index contributed by atoms with van der Waals surface area (Å²) < 4.78 is 4.94. The molecule has 0 aromatic carbocycles. The van der Waals surface area contributed by atoms with Gasteiger partial charge in [-0.3, -0.25) is 4.79 Å². The Hall–Kier alpha value is -0.610. The van der Waals surface area contributed by atoms with E-state index in [0.717, 1.165) is 12.8 Å². The summed E-state index contributed by atoms with van der Waals surface area (Å²) in [6.07, 6.45) is 1.75. The Morgan fingerprint density at radius 3 is 2.36 bits per heavy atom. The minimum absolute atomic E-state index is 0.0971. The Balaban J connectivity index is 3.71. The van der Waals surface area contributed by atoms with E-state index in [9.17, 15) is 4.79 Å². The summed E-state index contributed by atoms with van der Waals surface area (Å²) >= 11 is 0. The lowest BCUT2D eigenvalue weighted by atomic mass is 10.1. The molecule has 4 nitrogen and oxygen atoms in total. The van der Waals surface area contributed by atoms with Gasteiger partial charge in [-0.15, -0.1) is 0 Å². The van der Waals surface area contributed by atoms with Crippen molar-refractivity contribution in [3.05, 3.63) is 0 Å². The topological polar surface area (TPSA) is 66.8 Å². The van der Waals surface area contributed by atoms with E-state index < -0.39 is 0 Å². The fraction of sp³-hybridized carbons (Fsp3) is 0.900. The van der Waals surface area contributed by atoms with Crippen LogP contribution < -0.4 is 0 Å². The van der Waals surface area contributed by atoms with Crippen LogP contribution in [0.4, 0.5) is 0 Å². The molecule has 0 radical (unpaired) electrons. The van der Waals surface area contributed by atoms with Crippen molar-refractivity contribution in [3.63, 3.8) is 0 Å². The van der Waals surface area contributed by atoms with Crippen molar-refractivity contribution < 1.29 is 19.7 Å². The number of hydrogen-bond acceptors (Lipinski definition) is 4. The Bertz CT molecular complexity index is 154. The van der Waals surface area contributed by atoms with Crippen molar-refractivity contribution in [1.29, 1.82) is 0 Å². The van der Waals surface area contributed by atoms with E-state index in [-0.39, 0.29) is 37.6 Å². The van der Waals surface area contributed by atoms with E-state index in [1.807, 2.05) is 13.8 Å². The maximum Gasteiger partial charge on any atom is 0.308 e. The second-order valence-corrected chi connectivity index (χ2v) is 3.55. The molecule has 0 aliphatic rings. The van der Waals surface area contributed by atoms with Gasteiger partial charge < -0.3 is 14.9 Å². The number of aliphatic hydroxyl groups is 2. The minimum atomic E-state index is -0.354. The van der Waals surface area contributed by atoms with Gasteiger partial charge >= 0.3 is 5.97 Å². The third-order valence-electron chi connectivity index (χ3n) is 2.10. The number of aliphatic hydroxyl groups excluding tert-OH is 2. The van der Waals surface area contributed by atoms with E-state index in [0.29, 0.717) is 0 Å². The van der Waals surface area contributed by atoms with E-state index >= 15 is 0 Å². The summed E-state index contributed by atoms with van der Waals surface area (Å²) in [5.74, 6) is -0.704. The molecule has 0 rings (SSSR count). The highest BCUT2D eigenvalue weighted by molar-refractivity contribution is 5.71. The van der Waals surface area contributed by atoms with Gasteiger partial charge in [0.05, 0.1) is 25.7 Å². The van der Waals surface area contributed by atoms with Crippen molar-refractivity contribution in [2.24, 2.45) is 11.8 Å². The van der Waals surface area contributed by atoms with Crippen LogP contribution in [0.15, 0.2) is 0 Å². The van der Waals surface area contributed by atoms with Crippen LogP contribution in [0.1, 0.15) is 26.7 Å². The lowest BCUT2D eigenvalue weighted by Crippen LogP contribution is -2.23. The predicted molar refractivity (Wildman–Crippen MR) is 52.7 cm³/mol. The molecule has 1 unspecified atom stereocenters. The molecule has 0 bridgehead atoms. The number of esters is 1. The van der Waals surface area contributed by atoms with E-state index in [1.54, 1.807) is 0 Å². The molecule has 0 saturated carbocycles. The summed E-state index contributed by atoms with van der Waals surface area (Å²) in [5.41, 5.74) is 0. The van der Waals surface area contributed by atoms with Crippen molar-refractivity contribution >= 4 is 5.97 Å². The molecule has 4 heteroatoms. The van der Waals surface area contributed by atoms with Gasteiger partial charge in [-0.25, -0.2) is 0 Å². The zero-order chi connectivity index (χ0) is 11.0. The highest BCUT2D eigenvalue weighted by Gasteiger charge is 2.15. The largest absolute Gasteiger partial charge is 0.465 e. The molecule has 0 heterocycles. The van der Waals surface area contributed by atoms with Gasteiger partial charge in [0.25, 0.3) is 0 Å². The minimum Gasteiger partial charge on any atom is -0.465 e. The maximum atomic E-state index is 11.3. The summed E-state index contributed by atoms with van der Waals surface area (Å²) in [6, 6.07) is 0. The summed E-state index contributed by atoms with van der Waals surface area (Å²) in [7, 11) is 0. The van der Waals surface area contributed by atoms with Gasteiger partial charge in [0.2, 0.25) is 0 Å². The van der Waals surface area contributed by atoms with Crippen LogP contribution in [0.5, 0.6) is 0 Å². The molecule has 84 valence electrons. The average Bonchev–Trinajstić information content (AvgIpc) is 2.19. The van der Waals surface area contributed by atoms with Gasteiger partial charge in [-0.1, -0.05) is 20.3 Å². The van der Waals surface area contributed by atoms with Crippen LogP contribution in [0.2, 0.25) is 0 Å². The van der Waals surface area contributed by atoms with Gasteiger partial charge in [0.1, 0.15) is 0 Å². The van der Waals surface area contributed by atoms with Gasteiger partial charge in [-0.2, -0.15) is 0 Å². The van der Waals surface area contributed by atoms with Crippen molar-refractivity contribution in [2.75, 3.05) is 19.8 Å². The van der Waals surface area contributed by atoms with Crippen LogP contribution in [0, 0.1) is 11.8 Å². The first-order chi connectivity index (χ1) is 6.65. The molecule has 0 aromatic heterocycles. The normalized spacial score (nSPS) is 12.9. The van der Waals surface area contributed by atoms with E-state index in [2.05, 4.69) is 0 Å². The van der Waals surface area contributed by atoms with E-state index in [1.165, 1.54) is 0 Å². The lowest BCUT2D eigenvalue weighted by molar-refractivity contribution is -0.150. The van der Waals surface area contributed by atoms with Crippen LogP contribution in [-0.2, 0) is 9.53 Å². The van der Waals surface area contributed by atoms with Crippen molar-refractivity contribution in [3.8, 4) is 0 Å². The number of hydrogen-bond donors (Lipinski definition) is 2. The first-order valence-corrected chi connectivity index (χ1v) is 5.04. The highest BCUT2D eigenvalue weighted by atomic mass is 16.5. The average molecular weight is 204 g/mol. The van der Waals surface area contributed by atoms with Gasteiger partial charge in [-0.05, 0) is 6.42 Å². The lowest BCUT2D eigenvalue weighted by Gasteiger charge is -2.14. The predicted octanol–water partition coefficient (Wildman–Crippen LogP) is 0.567. The fourth-order valence-electron chi connectivity index (χ4n) is 1.06. The molecule has 0 fully saturated rings. The summed E-state index contributed by atoms with van der Waals surface area (Å²) in [4.78, 5) is 11.3. The second-order valence-electron chi connectivity index (χ2n) is 3.55. The Morgan fingerprint density at radius 1 is 1.36 bits per heavy atom. The molecule has 0 amide bonds. The Morgan fingerprint density at radius 2 is 1.93 bits per heavy atom. The highest BCUT2D eigenvalue weighted by Crippen LogP contribution is 2.08. The molecule has 0 spiro atoms. The number of carbonyl (C=O) groups excluding carboxylic acids is 1. The SMILES string of the molecule is CCCC(C)C(=O)OCC(CO)CO. The zero-order valence-corrected chi connectivity index (χ0v) is 8.90. The first kappa shape index (κ1) is 13.4. The van der Waals surface area contributed by atoms with E-state index in [4.69, 9.17) is 14.9 Å². The second kappa shape index (κ2) is 7.76. The number of carbonyl (C=O) groups is 1. The van der Waals surface area contributed by atoms with Crippen LogP contribution in [0.25, 0.3) is 0 Å². The van der Waals surface area contributed by atoms with Gasteiger partial charge in [0, 0.05) is 5.92 Å². The summed E-state index contributed by atoms with van der Waals surface area (Å²) in [5, 5.41) is 17.5. The smallest absolute Gasteiger partial charge is 0.308 e.